The number of hydrogen-bond acceptors (Lipinski definition) is 6. The number of amides is 1. The lowest BCUT2D eigenvalue weighted by molar-refractivity contribution is 0.1000. The largest absolute Gasteiger partial charge is 0.365 e. The van der Waals surface area contributed by atoms with Crippen LogP contribution in [0.5, 0.6) is 0 Å². The standard InChI is InChI=1S/C15H16Cl2N6O/c16-10-1-2-11(19-8-10)9-22-3-5-23(6-4-22)15-12(14(18)24)7-13(17)20-21-15/h1-2,7-8H,3-6,9H2,(H2,18,24). The summed E-state index contributed by atoms with van der Waals surface area (Å²) in [7, 11) is 0. The van der Waals surface area contributed by atoms with Crippen LogP contribution in [0.4, 0.5) is 5.82 Å². The quantitative estimate of drug-likeness (QED) is 0.883. The molecule has 3 heterocycles. The molecule has 2 N–H and O–H groups in total. The maximum atomic E-state index is 11.6. The van der Waals surface area contributed by atoms with Gasteiger partial charge in [-0.3, -0.25) is 14.7 Å². The summed E-state index contributed by atoms with van der Waals surface area (Å²) in [6, 6.07) is 5.21. The summed E-state index contributed by atoms with van der Waals surface area (Å²) in [5.74, 6) is -0.0780. The first-order valence-corrected chi connectivity index (χ1v) is 8.19. The number of primary amides is 1. The monoisotopic (exact) mass is 366 g/mol. The van der Waals surface area contributed by atoms with E-state index in [0.29, 0.717) is 29.5 Å². The number of nitrogens with two attached hydrogens (primary N) is 1. The van der Waals surface area contributed by atoms with Gasteiger partial charge >= 0.3 is 0 Å². The van der Waals surface area contributed by atoms with Crippen LogP contribution in [-0.4, -0.2) is 52.2 Å². The van der Waals surface area contributed by atoms with Gasteiger partial charge in [0.25, 0.3) is 5.91 Å². The van der Waals surface area contributed by atoms with Crippen LogP contribution in [0.3, 0.4) is 0 Å². The fourth-order valence-electron chi connectivity index (χ4n) is 2.62. The Morgan fingerprint density at radius 2 is 1.92 bits per heavy atom. The highest BCUT2D eigenvalue weighted by Crippen LogP contribution is 2.21. The molecule has 0 spiro atoms. The molecule has 0 aliphatic carbocycles. The van der Waals surface area contributed by atoms with Gasteiger partial charge in [-0.15, -0.1) is 10.2 Å². The van der Waals surface area contributed by atoms with Crippen LogP contribution in [0, 0.1) is 0 Å². The number of pyridine rings is 1. The Balaban J connectivity index is 1.65. The zero-order valence-electron chi connectivity index (χ0n) is 12.8. The van der Waals surface area contributed by atoms with Gasteiger partial charge in [0.2, 0.25) is 0 Å². The molecule has 0 unspecified atom stereocenters. The molecule has 1 aliphatic rings. The van der Waals surface area contributed by atoms with Crippen molar-refractivity contribution in [2.75, 3.05) is 31.1 Å². The van der Waals surface area contributed by atoms with E-state index >= 15 is 0 Å². The highest BCUT2D eigenvalue weighted by Gasteiger charge is 2.23. The zero-order valence-corrected chi connectivity index (χ0v) is 14.3. The molecular weight excluding hydrogens is 351 g/mol. The second-order valence-corrected chi connectivity index (χ2v) is 6.32. The fraction of sp³-hybridized carbons (Fsp3) is 0.333. The minimum atomic E-state index is -0.561. The molecule has 2 aromatic heterocycles. The van der Waals surface area contributed by atoms with Crippen LogP contribution in [0.25, 0.3) is 0 Å². The van der Waals surface area contributed by atoms with Crippen molar-refractivity contribution in [3.8, 4) is 0 Å². The minimum Gasteiger partial charge on any atom is -0.365 e. The Kier molecular flexibility index (Phi) is 5.13. The van der Waals surface area contributed by atoms with E-state index in [2.05, 4.69) is 20.1 Å². The molecule has 0 atom stereocenters. The Hall–Kier alpha value is -1.96. The highest BCUT2D eigenvalue weighted by molar-refractivity contribution is 6.30. The molecule has 0 radical (unpaired) electrons. The molecule has 0 aromatic carbocycles. The van der Waals surface area contributed by atoms with Crippen LogP contribution in [-0.2, 0) is 6.54 Å². The Labute approximate surface area is 149 Å². The number of nitrogens with zero attached hydrogens (tertiary/aromatic N) is 5. The number of rotatable bonds is 4. The number of carbonyl (C=O) groups excluding carboxylic acids is 1. The lowest BCUT2D eigenvalue weighted by Crippen LogP contribution is -2.47. The van der Waals surface area contributed by atoms with E-state index in [4.69, 9.17) is 28.9 Å². The van der Waals surface area contributed by atoms with E-state index < -0.39 is 5.91 Å². The average molecular weight is 367 g/mol. The highest BCUT2D eigenvalue weighted by atomic mass is 35.5. The van der Waals surface area contributed by atoms with Gasteiger partial charge in [0.05, 0.1) is 16.3 Å². The maximum Gasteiger partial charge on any atom is 0.252 e. The van der Waals surface area contributed by atoms with E-state index in [1.807, 2.05) is 17.0 Å². The Morgan fingerprint density at radius 1 is 1.17 bits per heavy atom. The van der Waals surface area contributed by atoms with Gasteiger partial charge in [-0.05, 0) is 18.2 Å². The van der Waals surface area contributed by atoms with Crippen molar-refractivity contribution in [1.29, 1.82) is 0 Å². The zero-order chi connectivity index (χ0) is 17.1. The van der Waals surface area contributed by atoms with Gasteiger partial charge in [0.1, 0.15) is 0 Å². The molecule has 1 fully saturated rings. The third-order valence-electron chi connectivity index (χ3n) is 3.86. The van der Waals surface area contributed by atoms with Gasteiger partial charge < -0.3 is 10.6 Å². The summed E-state index contributed by atoms with van der Waals surface area (Å²) >= 11 is 11.6. The van der Waals surface area contributed by atoms with Crippen molar-refractivity contribution >= 4 is 34.9 Å². The van der Waals surface area contributed by atoms with E-state index in [-0.39, 0.29) is 5.15 Å². The van der Waals surface area contributed by atoms with Gasteiger partial charge in [-0.1, -0.05) is 23.2 Å². The van der Waals surface area contributed by atoms with E-state index in [1.54, 1.807) is 6.20 Å². The van der Waals surface area contributed by atoms with Crippen molar-refractivity contribution in [2.45, 2.75) is 6.54 Å². The first-order chi connectivity index (χ1) is 11.5. The number of aromatic nitrogens is 3. The van der Waals surface area contributed by atoms with Crippen LogP contribution >= 0.6 is 23.2 Å². The van der Waals surface area contributed by atoms with Crippen molar-refractivity contribution in [1.82, 2.24) is 20.1 Å². The van der Waals surface area contributed by atoms with Gasteiger partial charge in [-0.25, -0.2) is 0 Å². The van der Waals surface area contributed by atoms with Gasteiger partial charge in [0, 0.05) is 38.9 Å². The van der Waals surface area contributed by atoms with E-state index in [0.717, 1.165) is 25.3 Å². The third-order valence-corrected chi connectivity index (χ3v) is 4.26. The van der Waals surface area contributed by atoms with E-state index in [1.165, 1.54) is 6.07 Å². The first kappa shape index (κ1) is 16.9. The second-order valence-electron chi connectivity index (χ2n) is 5.50. The van der Waals surface area contributed by atoms with Crippen molar-refractivity contribution in [3.05, 3.63) is 45.8 Å². The molecule has 2 aromatic rings. The van der Waals surface area contributed by atoms with Crippen molar-refractivity contribution in [2.24, 2.45) is 5.73 Å². The molecule has 0 saturated carbocycles. The van der Waals surface area contributed by atoms with E-state index in [9.17, 15) is 4.79 Å². The predicted molar refractivity (Wildman–Crippen MR) is 92.3 cm³/mol. The van der Waals surface area contributed by atoms with Gasteiger partial charge in [-0.2, -0.15) is 0 Å². The van der Waals surface area contributed by atoms with Crippen molar-refractivity contribution in [3.63, 3.8) is 0 Å². The molecule has 0 bridgehead atoms. The number of carbonyl (C=O) groups is 1. The second kappa shape index (κ2) is 7.29. The lowest BCUT2D eigenvalue weighted by atomic mass is 10.2. The summed E-state index contributed by atoms with van der Waals surface area (Å²) in [5.41, 5.74) is 6.67. The Morgan fingerprint density at radius 3 is 2.54 bits per heavy atom. The third kappa shape index (κ3) is 3.92. The summed E-state index contributed by atoms with van der Waals surface area (Å²) < 4.78 is 0. The molecule has 3 rings (SSSR count). The van der Waals surface area contributed by atoms with Crippen LogP contribution < -0.4 is 10.6 Å². The molecule has 9 heteroatoms. The summed E-state index contributed by atoms with van der Waals surface area (Å²) in [6.45, 7) is 3.80. The molecule has 24 heavy (non-hydrogen) atoms. The van der Waals surface area contributed by atoms with Crippen molar-refractivity contribution < 1.29 is 4.79 Å². The maximum absolute atomic E-state index is 11.6. The van der Waals surface area contributed by atoms with Crippen LogP contribution in [0.2, 0.25) is 10.2 Å². The molecule has 1 amide bonds. The number of anilines is 1. The lowest BCUT2D eigenvalue weighted by Gasteiger charge is -2.35. The van der Waals surface area contributed by atoms with Gasteiger partial charge in [0.15, 0.2) is 11.0 Å². The molecule has 126 valence electrons. The minimum absolute atomic E-state index is 0.153. The normalized spacial score (nSPS) is 15.5. The topological polar surface area (TPSA) is 88.2 Å². The average Bonchev–Trinajstić information content (AvgIpc) is 2.58. The smallest absolute Gasteiger partial charge is 0.252 e. The SMILES string of the molecule is NC(=O)c1cc(Cl)nnc1N1CCN(Cc2ccc(Cl)cn2)CC1. The molecular formula is C15H16Cl2N6O. The number of hydrogen-bond donors (Lipinski definition) is 1. The Bertz CT molecular complexity index is 731. The predicted octanol–water partition coefficient (Wildman–Crippen LogP) is 1.60. The van der Waals surface area contributed by atoms with Crippen LogP contribution in [0.1, 0.15) is 16.1 Å². The molecule has 1 saturated heterocycles. The summed E-state index contributed by atoms with van der Waals surface area (Å²) in [4.78, 5) is 20.2. The number of halogens is 2. The molecule has 1 aliphatic heterocycles. The summed E-state index contributed by atoms with van der Waals surface area (Å²) in [5, 5.41) is 8.64. The fourth-order valence-corrected chi connectivity index (χ4v) is 2.88. The first-order valence-electron chi connectivity index (χ1n) is 7.43. The number of piperazine rings is 1. The van der Waals surface area contributed by atoms with Crippen LogP contribution in [0.15, 0.2) is 24.4 Å². The summed E-state index contributed by atoms with van der Waals surface area (Å²) in [6.07, 6.45) is 1.65. The molecule has 7 nitrogen and oxygen atoms in total.